The number of benzene rings is 1. The van der Waals surface area contributed by atoms with Gasteiger partial charge in [-0.05, 0) is 24.3 Å². The minimum Gasteiger partial charge on any atom is -0.459 e. The summed E-state index contributed by atoms with van der Waals surface area (Å²) in [5, 5.41) is 3.52. The van der Waals surface area contributed by atoms with Crippen LogP contribution in [-0.4, -0.2) is 53.7 Å². The van der Waals surface area contributed by atoms with Crippen molar-refractivity contribution in [2.75, 3.05) is 31.5 Å². The molecule has 1 aliphatic heterocycles. The maximum Gasteiger partial charge on any atom is 0.291 e. The van der Waals surface area contributed by atoms with Crippen LogP contribution in [0.3, 0.4) is 0 Å². The van der Waals surface area contributed by atoms with Gasteiger partial charge in [-0.15, -0.1) is 0 Å². The molecular weight excluding hydrogens is 386 g/mol. The third-order valence-corrected chi connectivity index (χ3v) is 5.15. The molecule has 156 valence electrons. The van der Waals surface area contributed by atoms with E-state index in [2.05, 4.69) is 5.32 Å². The molecule has 1 N–H and O–H groups in total. The number of hydrogen-bond acceptors (Lipinski definition) is 5. The second kappa shape index (κ2) is 8.06. The number of carbonyl (C=O) groups is 3. The first-order valence-corrected chi connectivity index (χ1v) is 9.90. The van der Waals surface area contributed by atoms with E-state index in [1.807, 2.05) is 18.2 Å². The first-order chi connectivity index (χ1) is 14.5. The average Bonchev–Trinajstić information content (AvgIpc) is 3.41. The van der Waals surface area contributed by atoms with E-state index in [-0.39, 0.29) is 35.2 Å². The quantitative estimate of drug-likeness (QED) is 0.714. The molecule has 1 aliphatic rings. The Morgan fingerprint density at radius 2 is 1.60 bits per heavy atom. The van der Waals surface area contributed by atoms with E-state index in [0.717, 1.165) is 0 Å². The zero-order valence-electron chi connectivity index (χ0n) is 16.9. The minimum atomic E-state index is -0.310. The second-order valence-electron chi connectivity index (χ2n) is 7.51. The van der Waals surface area contributed by atoms with Crippen molar-refractivity contribution in [3.8, 4) is 0 Å². The summed E-state index contributed by atoms with van der Waals surface area (Å²) < 4.78 is 11.0. The van der Waals surface area contributed by atoms with E-state index in [9.17, 15) is 14.4 Å². The Kier molecular flexibility index (Phi) is 5.31. The first-order valence-electron chi connectivity index (χ1n) is 9.90. The molecule has 0 aliphatic carbocycles. The third-order valence-electron chi connectivity index (χ3n) is 5.15. The van der Waals surface area contributed by atoms with E-state index in [1.54, 1.807) is 41.8 Å². The summed E-state index contributed by atoms with van der Waals surface area (Å²) in [6.45, 7) is 5.07. The number of amides is 3. The fraction of sp³-hybridized carbons (Fsp3) is 0.318. The lowest BCUT2D eigenvalue weighted by molar-refractivity contribution is -0.118. The fourth-order valence-electron chi connectivity index (χ4n) is 3.40. The van der Waals surface area contributed by atoms with Crippen LogP contribution in [0, 0.1) is 5.92 Å². The molecule has 1 saturated heterocycles. The molecule has 3 heterocycles. The molecule has 30 heavy (non-hydrogen) atoms. The van der Waals surface area contributed by atoms with Crippen molar-refractivity contribution in [2.24, 2.45) is 5.92 Å². The molecule has 0 saturated carbocycles. The second-order valence-corrected chi connectivity index (χ2v) is 7.51. The van der Waals surface area contributed by atoms with Crippen LogP contribution in [0.5, 0.6) is 0 Å². The van der Waals surface area contributed by atoms with Gasteiger partial charge in [-0.1, -0.05) is 26.0 Å². The van der Waals surface area contributed by atoms with Crippen molar-refractivity contribution < 1.29 is 23.2 Å². The third kappa shape index (κ3) is 3.68. The van der Waals surface area contributed by atoms with Gasteiger partial charge in [0.15, 0.2) is 5.76 Å². The smallest absolute Gasteiger partial charge is 0.291 e. The molecule has 0 bridgehead atoms. The summed E-state index contributed by atoms with van der Waals surface area (Å²) in [6.07, 6.45) is 1.46. The Morgan fingerprint density at radius 3 is 2.23 bits per heavy atom. The summed E-state index contributed by atoms with van der Waals surface area (Å²) in [5.41, 5.74) is 0.926. The zero-order valence-corrected chi connectivity index (χ0v) is 16.9. The maximum absolute atomic E-state index is 13.2. The molecule has 0 radical (unpaired) electrons. The highest BCUT2D eigenvalue weighted by atomic mass is 16.4. The van der Waals surface area contributed by atoms with Crippen LogP contribution in [-0.2, 0) is 4.79 Å². The van der Waals surface area contributed by atoms with Gasteiger partial charge in [0, 0.05) is 37.5 Å². The van der Waals surface area contributed by atoms with E-state index in [1.165, 1.54) is 6.26 Å². The Labute approximate surface area is 173 Å². The minimum absolute atomic E-state index is 0.107. The van der Waals surface area contributed by atoms with Crippen LogP contribution in [0.25, 0.3) is 11.0 Å². The number of fused-ring (bicyclic) bond motifs is 1. The summed E-state index contributed by atoms with van der Waals surface area (Å²) in [6, 6.07) is 10.5. The van der Waals surface area contributed by atoms with Gasteiger partial charge in [-0.25, -0.2) is 0 Å². The molecule has 0 unspecified atom stereocenters. The molecule has 0 spiro atoms. The van der Waals surface area contributed by atoms with Crippen molar-refractivity contribution >= 4 is 34.4 Å². The molecule has 3 amide bonds. The fourth-order valence-corrected chi connectivity index (χ4v) is 3.40. The number of para-hydroxylation sites is 1. The van der Waals surface area contributed by atoms with Crippen LogP contribution in [0.15, 0.2) is 51.5 Å². The summed E-state index contributed by atoms with van der Waals surface area (Å²) in [5.74, 6) is -0.542. The average molecular weight is 409 g/mol. The monoisotopic (exact) mass is 409 g/mol. The summed E-state index contributed by atoms with van der Waals surface area (Å²) in [4.78, 5) is 41.2. The van der Waals surface area contributed by atoms with Crippen LogP contribution < -0.4 is 5.32 Å². The molecular formula is C22H23N3O5. The van der Waals surface area contributed by atoms with Gasteiger partial charge in [-0.3, -0.25) is 14.4 Å². The van der Waals surface area contributed by atoms with Crippen LogP contribution in [0.1, 0.15) is 35.0 Å². The normalized spacial score (nSPS) is 14.4. The lowest BCUT2D eigenvalue weighted by Gasteiger charge is -2.34. The number of furan rings is 2. The van der Waals surface area contributed by atoms with Gasteiger partial charge in [0.05, 0.1) is 6.26 Å². The van der Waals surface area contributed by atoms with Crippen LogP contribution in [0.4, 0.5) is 5.69 Å². The van der Waals surface area contributed by atoms with Gasteiger partial charge < -0.3 is 24.0 Å². The highest BCUT2D eigenvalue weighted by Crippen LogP contribution is 2.32. The predicted molar refractivity (Wildman–Crippen MR) is 110 cm³/mol. The van der Waals surface area contributed by atoms with Crippen LogP contribution in [0.2, 0.25) is 0 Å². The molecule has 1 aromatic carbocycles. The van der Waals surface area contributed by atoms with Crippen molar-refractivity contribution in [1.29, 1.82) is 0 Å². The highest BCUT2D eigenvalue weighted by Gasteiger charge is 2.31. The maximum atomic E-state index is 13.2. The number of rotatable bonds is 4. The Hall–Kier alpha value is -3.55. The van der Waals surface area contributed by atoms with Gasteiger partial charge in [0.1, 0.15) is 11.3 Å². The number of hydrogen-bond donors (Lipinski definition) is 1. The van der Waals surface area contributed by atoms with Crippen molar-refractivity contribution in [3.05, 3.63) is 54.2 Å². The number of anilines is 1. The largest absolute Gasteiger partial charge is 0.459 e. The molecule has 0 atom stereocenters. The van der Waals surface area contributed by atoms with E-state index in [4.69, 9.17) is 8.83 Å². The number of piperazine rings is 1. The van der Waals surface area contributed by atoms with Crippen molar-refractivity contribution in [2.45, 2.75) is 13.8 Å². The standard InChI is InChI=1S/C22H23N3O5/c1-14(2)20(26)23-18-15-6-3-4-7-16(15)30-19(18)22(28)25-11-9-24(10-12-25)21(27)17-8-5-13-29-17/h3-8,13-14H,9-12H2,1-2H3,(H,23,26). The highest BCUT2D eigenvalue weighted by molar-refractivity contribution is 6.11. The molecule has 4 rings (SSSR count). The van der Waals surface area contributed by atoms with Crippen molar-refractivity contribution in [1.82, 2.24) is 9.80 Å². The number of nitrogens with zero attached hydrogens (tertiary/aromatic N) is 2. The van der Waals surface area contributed by atoms with Crippen LogP contribution >= 0.6 is 0 Å². The van der Waals surface area contributed by atoms with Crippen molar-refractivity contribution in [3.63, 3.8) is 0 Å². The number of nitrogens with one attached hydrogen (secondary N) is 1. The Balaban J connectivity index is 1.54. The lowest BCUT2D eigenvalue weighted by Crippen LogP contribution is -2.50. The van der Waals surface area contributed by atoms with E-state index >= 15 is 0 Å². The molecule has 3 aromatic rings. The van der Waals surface area contributed by atoms with Gasteiger partial charge >= 0.3 is 0 Å². The van der Waals surface area contributed by atoms with Gasteiger partial charge in [0.2, 0.25) is 11.7 Å². The van der Waals surface area contributed by atoms with E-state index < -0.39 is 0 Å². The van der Waals surface area contributed by atoms with Gasteiger partial charge in [0.25, 0.3) is 11.8 Å². The SMILES string of the molecule is CC(C)C(=O)Nc1c(C(=O)N2CCN(C(=O)c3ccco3)CC2)oc2ccccc12. The molecule has 2 aromatic heterocycles. The van der Waals surface area contributed by atoms with Gasteiger partial charge in [-0.2, -0.15) is 0 Å². The Bertz CT molecular complexity index is 1080. The predicted octanol–water partition coefficient (Wildman–Crippen LogP) is 3.22. The lowest BCUT2D eigenvalue weighted by atomic mass is 10.1. The number of carbonyl (C=O) groups excluding carboxylic acids is 3. The summed E-state index contributed by atoms with van der Waals surface area (Å²) in [7, 11) is 0. The van der Waals surface area contributed by atoms with E-state index in [0.29, 0.717) is 42.8 Å². The molecule has 1 fully saturated rings. The first kappa shape index (κ1) is 19.8. The molecule has 8 nitrogen and oxygen atoms in total. The zero-order chi connectivity index (χ0) is 21.3. The summed E-state index contributed by atoms with van der Waals surface area (Å²) >= 11 is 0. The Morgan fingerprint density at radius 1 is 0.933 bits per heavy atom. The topological polar surface area (TPSA) is 96.0 Å². The molecule has 8 heteroatoms.